The van der Waals surface area contributed by atoms with Gasteiger partial charge in [0.1, 0.15) is 0 Å². The first-order chi connectivity index (χ1) is 6.76. The van der Waals surface area contributed by atoms with E-state index >= 15 is 0 Å². The summed E-state index contributed by atoms with van der Waals surface area (Å²) < 4.78 is 0. The van der Waals surface area contributed by atoms with E-state index in [-0.39, 0.29) is 12.0 Å². The number of hydrogen-bond donors (Lipinski definition) is 2. The molecule has 1 unspecified atom stereocenters. The Morgan fingerprint density at radius 3 is 2.33 bits per heavy atom. The minimum absolute atomic E-state index is 0.0790. The van der Waals surface area contributed by atoms with Gasteiger partial charge in [-0.25, -0.2) is 0 Å². The van der Waals surface area contributed by atoms with Gasteiger partial charge in [0.05, 0.1) is 5.92 Å². The molecule has 0 aliphatic rings. The van der Waals surface area contributed by atoms with Crippen LogP contribution in [0.5, 0.6) is 0 Å². The minimum Gasteiger partial charge on any atom is -0.481 e. The van der Waals surface area contributed by atoms with E-state index < -0.39 is 17.8 Å². The number of carboxylic acids is 1. The molecule has 0 aromatic carbocycles. The van der Waals surface area contributed by atoms with Crippen LogP contribution in [0.25, 0.3) is 0 Å². The number of carboxylic acid groups (broad SMARTS) is 1. The highest BCUT2D eigenvalue weighted by molar-refractivity contribution is 5.93. The van der Waals surface area contributed by atoms with Gasteiger partial charge in [-0.3, -0.25) is 9.59 Å². The number of amides is 1. The van der Waals surface area contributed by atoms with Crippen molar-refractivity contribution < 1.29 is 14.7 Å². The first-order valence-corrected chi connectivity index (χ1v) is 4.73. The minimum atomic E-state index is -0.915. The van der Waals surface area contributed by atoms with Crippen molar-refractivity contribution in [2.24, 2.45) is 11.3 Å². The van der Waals surface area contributed by atoms with E-state index in [1.807, 2.05) is 26.7 Å². The third kappa shape index (κ3) is 6.55. The topological polar surface area (TPSA) is 66.4 Å². The average Bonchev–Trinajstić information content (AvgIpc) is 2.09. The Hall–Kier alpha value is -1.50. The molecule has 0 bridgehead atoms. The van der Waals surface area contributed by atoms with Gasteiger partial charge in [-0.05, 0) is 17.8 Å². The quantitative estimate of drug-likeness (QED) is 0.678. The predicted octanol–water partition coefficient (Wildman–Crippen LogP) is 0.873. The van der Waals surface area contributed by atoms with Crippen LogP contribution in [0.4, 0.5) is 0 Å². The van der Waals surface area contributed by atoms with Crippen molar-refractivity contribution in [1.29, 1.82) is 0 Å². The van der Waals surface area contributed by atoms with Gasteiger partial charge >= 0.3 is 5.97 Å². The van der Waals surface area contributed by atoms with Gasteiger partial charge in [0.25, 0.3) is 5.91 Å². The van der Waals surface area contributed by atoms with Crippen LogP contribution in [0.2, 0.25) is 0 Å². The normalized spacial score (nSPS) is 12.7. The molecule has 1 amide bonds. The molecular formula is C11H17NO3. The zero-order valence-corrected chi connectivity index (χ0v) is 9.33. The fourth-order valence-corrected chi connectivity index (χ4v) is 1.25. The maximum Gasteiger partial charge on any atom is 0.308 e. The molecule has 0 saturated carbocycles. The molecule has 4 heteroatoms. The molecule has 15 heavy (non-hydrogen) atoms. The SMILES string of the molecule is C#CC(=O)NCC(CC(C)(C)C)C(=O)O. The van der Waals surface area contributed by atoms with Crippen molar-refractivity contribution in [3.63, 3.8) is 0 Å². The Balaban J connectivity index is 4.25. The third-order valence-corrected chi connectivity index (χ3v) is 1.85. The maximum absolute atomic E-state index is 10.9. The van der Waals surface area contributed by atoms with Crippen molar-refractivity contribution in [3.8, 4) is 12.3 Å². The largest absolute Gasteiger partial charge is 0.481 e. The molecule has 0 fully saturated rings. The molecule has 0 heterocycles. The Morgan fingerprint density at radius 2 is 2.00 bits per heavy atom. The second-order valence-corrected chi connectivity index (χ2v) is 4.65. The maximum atomic E-state index is 10.9. The highest BCUT2D eigenvalue weighted by atomic mass is 16.4. The Bertz CT molecular complexity index is 283. The zero-order chi connectivity index (χ0) is 12.1. The average molecular weight is 211 g/mol. The van der Waals surface area contributed by atoms with Crippen molar-refractivity contribution in [2.75, 3.05) is 6.54 Å². The van der Waals surface area contributed by atoms with Gasteiger partial charge in [0, 0.05) is 6.54 Å². The van der Waals surface area contributed by atoms with E-state index in [9.17, 15) is 9.59 Å². The summed E-state index contributed by atoms with van der Waals surface area (Å²) >= 11 is 0. The monoisotopic (exact) mass is 211 g/mol. The van der Waals surface area contributed by atoms with Gasteiger partial charge < -0.3 is 10.4 Å². The Kier molecular flexibility index (Phi) is 4.86. The van der Waals surface area contributed by atoms with Gasteiger partial charge in [-0.15, -0.1) is 6.42 Å². The summed E-state index contributed by atoms with van der Waals surface area (Å²) in [4.78, 5) is 21.6. The molecule has 84 valence electrons. The molecule has 0 aromatic rings. The van der Waals surface area contributed by atoms with E-state index in [0.717, 1.165) is 0 Å². The molecule has 2 N–H and O–H groups in total. The summed E-state index contributed by atoms with van der Waals surface area (Å²) in [5.41, 5.74) is -0.0933. The van der Waals surface area contributed by atoms with Gasteiger partial charge in [0.15, 0.2) is 0 Å². The number of rotatable bonds is 4. The summed E-state index contributed by atoms with van der Waals surface area (Å²) in [5.74, 6) is -0.204. The van der Waals surface area contributed by atoms with Crippen LogP contribution >= 0.6 is 0 Å². The van der Waals surface area contributed by atoms with Gasteiger partial charge in [0.2, 0.25) is 0 Å². The number of carbonyl (C=O) groups excluding carboxylic acids is 1. The van der Waals surface area contributed by atoms with Crippen LogP contribution in [-0.4, -0.2) is 23.5 Å². The third-order valence-electron chi connectivity index (χ3n) is 1.85. The van der Waals surface area contributed by atoms with Crippen LogP contribution < -0.4 is 5.32 Å². The molecule has 0 aromatic heterocycles. The summed E-state index contributed by atoms with van der Waals surface area (Å²) in [6.07, 6.45) is 5.35. The van der Waals surface area contributed by atoms with Crippen LogP contribution in [0.15, 0.2) is 0 Å². The smallest absolute Gasteiger partial charge is 0.308 e. The molecule has 0 spiro atoms. The second kappa shape index (κ2) is 5.40. The Morgan fingerprint density at radius 1 is 1.47 bits per heavy atom. The lowest BCUT2D eigenvalue weighted by atomic mass is 9.84. The van der Waals surface area contributed by atoms with Crippen LogP contribution in [0.3, 0.4) is 0 Å². The first-order valence-electron chi connectivity index (χ1n) is 4.73. The number of terminal acetylenes is 1. The lowest BCUT2D eigenvalue weighted by Crippen LogP contribution is -2.34. The summed E-state index contributed by atoms with van der Waals surface area (Å²) in [7, 11) is 0. The highest BCUT2D eigenvalue weighted by Gasteiger charge is 2.24. The molecule has 0 aliphatic carbocycles. The fraction of sp³-hybridized carbons (Fsp3) is 0.636. The van der Waals surface area contributed by atoms with Crippen molar-refractivity contribution >= 4 is 11.9 Å². The lowest BCUT2D eigenvalue weighted by molar-refractivity contribution is -0.142. The molecule has 4 nitrogen and oxygen atoms in total. The van der Waals surface area contributed by atoms with Crippen LogP contribution in [-0.2, 0) is 9.59 Å². The molecular weight excluding hydrogens is 194 g/mol. The number of nitrogens with one attached hydrogen (secondary N) is 1. The fourth-order valence-electron chi connectivity index (χ4n) is 1.25. The van der Waals surface area contributed by atoms with E-state index in [2.05, 4.69) is 5.32 Å². The van der Waals surface area contributed by atoms with Crippen molar-refractivity contribution in [2.45, 2.75) is 27.2 Å². The van der Waals surface area contributed by atoms with Gasteiger partial charge in [-0.1, -0.05) is 20.8 Å². The van der Waals surface area contributed by atoms with Gasteiger partial charge in [-0.2, -0.15) is 0 Å². The number of hydrogen-bond acceptors (Lipinski definition) is 2. The molecule has 1 atom stereocenters. The van der Waals surface area contributed by atoms with E-state index in [1.165, 1.54) is 0 Å². The highest BCUT2D eigenvalue weighted by Crippen LogP contribution is 2.24. The van der Waals surface area contributed by atoms with E-state index in [1.54, 1.807) is 0 Å². The molecule has 0 radical (unpaired) electrons. The number of aliphatic carboxylic acids is 1. The first kappa shape index (κ1) is 13.5. The zero-order valence-electron chi connectivity index (χ0n) is 9.33. The standard InChI is InChI=1S/C11H17NO3/c1-5-9(13)12-7-8(10(14)15)6-11(2,3)4/h1,8H,6-7H2,2-4H3,(H,12,13)(H,14,15). The Labute approximate surface area is 90.1 Å². The van der Waals surface area contributed by atoms with Crippen LogP contribution in [0, 0.1) is 23.7 Å². The molecule has 0 saturated heterocycles. The van der Waals surface area contributed by atoms with Crippen LogP contribution in [0.1, 0.15) is 27.2 Å². The molecule has 0 aliphatic heterocycles. The summed E-state index contributed by atoms with van der Waals surface area (Å²) in [5, 5.41) is 11.3. The second-order valence-electron chi connectivity index (χ2n) is 4.65. The number of carbonyl (C=O) groups is 2. The predicted molar refractivity (Wildman–Crippen MR) is 57.0 cm³/mol. The van der Waals surface area contributed by atoms with Crippen molar-refractivity contribution in [1.82, 2.24) is 5.32 Å². The lowest BCUT2D eigenvalue weighted by Gasteiger charge is -2.23. The summed E-state index contributed by atoms with van der Waals surface area (Å²) in [6.45, 7) is 5.93. The van der Waals surface area contributed by atoms with Crippen molar-refractivity contribution in [3.05, 3.63) is 0 Å². The van der Waals surface area contributed by atoms with E-state index in [0.29, 0.717) is 6.42 Å². The molecule has 0 rings (SSSR count). The van der Waals surface area contributed by atoms with E-state index in [4.69, 9.17) is 11.5 Å². The summed E-state index contributed by atoms with van der Waals surface area (Å²) in [6, 6.07) is 0.